The van der Waals surface area contributed by atoms with Gasteiger partial charge in [0.05, 0.1) is 19.3 Å². The van der Waals surface area contributed by atoms with E-state index in [2.05, 4.69) is 4.90 Å². The van der Waals surface area contributed by atoms with E-state index < -0.39 is 41.9 Å². The Balaban J connectivity index is 1.53. The van der Waals surface area contributed by atoms with Gasteiger partial charge in [0, 0.05) is 38.2 Å². The van der Waals surface area contributed by atoms with Gasteiger partial charge in [-0.05, 0) is 29.7 Å². The summed E-state index contributed by atoms with van der Waals surface area (Å²) in [4.78, 5) is 42.2. The van der Waals surface area contributed by atoms with E-state index in [4.69, 9.17) is 18.9 Å². The van der Waals surface area contributed by atoms with E-state index in [0.717, 1.165) is 30.8 Å². The molecule has 37 heavy (non-hydrogen) atoms. The lowest BCUT2D eigenvalue weighted by Crippen LogP contribution is -2.58. The lowest BCUT2D eigenvalue weighted by atomic mass is 9.99. The third-order valence-electron chi connectivity index (χ3n) is 6.68. The van der Waals surface area contributed by atoms with E-state index in [-0.39, 0.29) is 6.42 Å². The average Bonchev–Trinajstić information content (AvgIpc) is 3.04. The highest BCUT2D eigenvalue weighted by atomic mass is 19.1. The van der Waals surface area contributed by atoms with E-state index >= 15 is 0 Å². The van der Waals surface area contributed by atoms with Crippen molar-refractivity contribution < 1.29 is 37.7 Å². The van der Waals surface area contributed by atoms with Crippen molar-refractivity contribution in [2.75, 3.05) is 32.8 Å². The van der Waals surface area contributed by atoms with E-state index in [1.54, 1.807) is 0 Å². The number of nitrogens with zero attached hydrogens (tertiary/aromatic N) is 2. The summed E-state index contributed by atoms with van der Waals surface area (Å²) in [6, 6.07) is 14.2. The highest BCUT2D eigenvalue weighted by Gasteiger charge is 2.64. The van der Waals surface area contributed by atoms with Crippen LogP contribution in [0.2, 0.25) is 0 Å². The Morgan fingerprint density at radius 1 is 0.919 bits per heavy atom. The number of morpholine rings is 1. The molecule has 3 aliphatic rings. The van der Waals surface area contributed by atoms with Crippen LogP contribution in [0.5, 0.6) is 0 Å². The fourth-order valence-electron chi connectivity index (χ4n) is 4.88. The summed E-state index contributed by atoms with van der Waals surface area (Å²) in [5.74, 6) is -4.28. The lowest BCUT2D eigenvalue weighted by molar-refractivity contribution is -0.284. The maximum absolute atomic E-state index is 13.5. The number of hydrogen-bond acceptors (Lipinski definition) is 8. The summed E-state index contributed by atoms with van der Waals surface area (Å²) in [6.45, 7) is 3.35. The van der Waals surface area contributed by atoms with Crippen molar-refractivity contribution in [3.05, 3.63) is 83.7 Å². The first kappa shape index (κ1) is 24.9. The Hall–Kier alpha value is -3.76. The quantitative estimate of drug-likeness (QED) is 0.525. The highest BCUT2D eigenvalue weighted by Crippen LogP contribution is 2.43. The fraction of sp³-hybridized carbons (Fsp3) is 0.370. The van der Waals surface area contributed by atoms with E-state index in [0.29, 0.717) is 31.7 Å². The van der Waals surface area contributed by atoms with Gasteiger partial charge < -0.3 is 18.9 Å². The molecule has 3 aliphatic heterocycles. The average molecular weight is 511 g/mol. The molecule has 2 atom stereocenters. The third kappa shape index (κ3) is 5.35. The number of amides is 1. The van der Waals surface area contributed by atoms with Crippen molar-refractivity contribution in [2.24, 2.45) is 0 Å². The van der Waals surface area contributed by atoms with E-state index in [1.165, 1.54) is 29.2 Å². The molecule has 0 saturated carbocycles. The molecule has 2 aromatic rings. The summed E-state index contributed by atoms with van der Waals surface area (Å²) >= 11 is 0. The molecule has 2 saturated heterocycles. The molecule has 10 heteroatoms. The molecule has 0 aliphatic carbocycles. The minimum absolute atomic E-state index is 0.0219. The molecule has 1 amide bonds. The van der Waals surface area contributed by atoms with Crippen LogP contribution in [0.25, 0.3) is 0 Å². The number of benzene rings is 2. The number of cyclic esters (lactones) is 1. The summed E-state index contributed by atoms with van der Waals surface area (Å²) < 4.78 is 36.1. The molecule has 2 fully saturated rings. The Labute approximate surface area is 213 Å². The molecule has 2 aromatic carbocycles. The second kappa shape index (κ2) is 10.7. The van der Waals surface area contributed by atoms with Gasteiger partial charge in [0.1, 0.15) is 5.82 Å². The Morgan fingerprint density at radius 2 is 1.57 bits per heavy atom. The Bertz CT molecular complexity index is 1150. The van der Waals surface area contributed by atoms with Crippen LogP contribution in [-0.4, -0.2) is 72.7 Å². The second-order valence-electron chi connectivity index (χ2n) is 9.05. The standard InChI is InChI=1S/C27H27FN2O7/c28-21-8-6-19(7-9-21)18-23-27(36-24(31)10-11-25(32)37-27)30(26(33)35-23)22(20-4-2-1-3-5-20)12-13-29-14-16-34-17-15-29/h1-11,22-23H,12-18H2. The molecule has 1 spiro atoms. The summed E-state index contributed by atoms with van der Waals surface area (Å²) in [7, 11) is 0. The van der Waals surface area contributed by atoms with Crippen molar-refractivity contribution in [1.82, 2.24) is 9.80 Å². The number of halogens is 1. The van der Waals surface area contributed by atoms with Crippen LogP contribution in [0.1, 0.15) is 23.6 Å². The van der Waals surface area contributed by atoms with Crippen LogP contribution in [-0.2, 0) is 35.0 Å². The number of rotatable bonds is 7. The second-order valence-corrected chi connectivity index (χ2v) is 9.05. The summed E-state index contributed by atoms with van der Waals surface area (Å²) in [5, 5.41) is 0. The number of ether oxygens (including phenoxy) is 4. The van der Waals surface area contributed by atoms with Crippen molar-refractivity contribution in [3.63, 3.8) is 0 Å². The third-order valence-corrected chi connectivity index (χ3v) is 6.68. The smallest absolute Gasteiger partial charge is 0.417 e. The molecule has 9 nitrogen and oxygen atoms in total. The molecule has 0 aromatic heterocycles. The van der Waals surface area contributed by atoms with Gasteiger partial charge in [0.15, 0.2) is 0 Å². The minimum atomic E-state index is -2.16. The fourth-order valence-corrected chi connectivity index (χ4v) is 4.88. The summed E-state index contributed by atoms with van der Waals surface area (Å²) in [5.41, 5.74) is 1.37. The normalized spacial score (nSPS) is 22.4. The maximum atomic E-state index is 13.5. The van der Waals surface area contributed by atoms with Gasteiger partial charge in [0.25, 0.3) is 0 Å². The van der Waals surface area contributed by atoms with Gasteiger partial charge >= 0.3 is 23.9 Å². The lowest BCUT2D eigenvalue weighted by Gasteiger charge is -2.40. The zero-order chi connectivity index (χ0) is 25.8. The van der Waals surface area contributed by atoms with Crippen LogP contribution in [0.15, 0.2) is 66.7 Å². The van der Waals surface area contributed by atoms with E-state index in [9.17, 15) is 18.8 Å². The first-order valence-electron chi connectivity index (χ1n) is 12.2. The van der Waals surface area contributed by atoms with Gasteiger partial charge in [-0.3, -0.25) is 4.90 Å². The number of carbonyl (C=O) groups is 3. The molecule has 2 unspecified atom stereocenters. The topological polar surface area (TPSA) is 94.6 Å². The first-order chi connectivity index (χ1) is 17.9. The van der Waals surface area contributed by atoms with Crippen LogP contribution in [0.3, 0.4) is 0 Å². The molecule has 0 N–H and O–H groups in total. The molecule has 5 rings (SSSR count). The zero-order valence-corrected chi connectivity index (χ0v) is 20.1. The van der Waals surface area contributed by atoms with Crippen molar-refractivity contribution in [3.8, 4) is 0 Å². The van der Waals surface area contributed by atoms with Crippen LogP contribution < -0.4 is 0 Å². The maximum Gasteiger partial charge on any atom is 0.417 e. The van der Waals surface area contributed by atoms with Gasteiger partial charge in [-0.1, -0.05) is 42.5 Å². The Kier molecular flexibility index (Phi) is 7.20. The monoisotopic (exact) mass is 510 g/mol. The molecular weight excluding hydrogens is 483 g/mol. The van der Waals surface area contributed by atoms with Gasteiger partial charge in [-0.2, -0.15) is 0 Å². The molecular formula is C27H27FN2O7. The van der Waals surface area contributed by atoms with Gasteiger partial charge in [0.2, 0.25) is 6.10 Å². The van der Waals surface area contributed by atoms with Gasteiger partial charge in [-0.25, -0.2) is 23.7 Å². The molecule has 194 valence electrons. The van der Waals surface area contributed by atoms with Gasteiger partial charge in [-0.15, -0.1) is 0 Å². The minimum Gasteiger partial charge on any atom is -0.435 e. The first-order valence-corrected chi connectivity index (χ1v) is 12.2. The largest absolute Gasteiger partial charge is 0.435 e. The predicted octanol–water partition coefficient (Wildman–Crippen LogP) is 2.96. The summed E-state index contributed by atoms with van der Waals surface area (Å²) in [6.07, 6.45) is 0.412. The van der Waals surface area contributed by atoms with Crippen LogP contribution in [0, 0.1) is 5.82 Å². The number of esters is 2. The van der Waals surface area contributed by atoms with Crippen LogP contribution >= 0.6 is 0 Å². The number of hydrogen-bond donors (Lipinski definition) is 0. The predicted molar refractivity (Wildman–Crippen MR) is 127 cm³/mol. The Morgan fingerprint density at radius 3 is 2.22 bits per heavy atom. The SMILES string of the molecule is O=C1C=CC(=O)OC2(O1)C(Cc1ccc(F)cc1)OC(=O)N2C(CCN1CCOCC1)c1ccccc1. The number of carbonyl (C=O) groups excluding carboxylic acids is 3. The van der Waals surface area contributed by atoms with E-state index in [1.807, 2.05) is 30.3 Å². The van der Waals surface area contributed by atoms with Crippen molar-refractivity contribution in [1.29, 1.82) is 0 Å². The van der Waals surface area contributed by atoms with Crippen molar-refractivity contribution >= 4 is 18.0 Å². The van der Waals surface area contributed by atoms with Crippen LogP contribution in [0.4, 0.5) is 9.18 Å². The molecule has 0 radical (unpaired) electrons. The highest BCUT2D eigenvalue weighted by molar-refractivity contribution is 5.94. The molecule has 3 heterocycles. The molecule has 0 bridgehead atoms. The zero-order valence-electron chi connectivity index (χ0n) is 20.1. The van der Waals surface area contributed by atoms with Crippen molar-refractivity contribution in [2.45, 2.75) is 30.9 Å².